The zero-order chi connectivity index (χ0) is 10.3. The Morgan fingerprint density at radius 3 is 2.47 bits per heavy atom. The molecule has 15 heavy (non-hydrogen) atoms. The van der Waals surface area contributed by atoms with Crippen molar-refractivity contribution >= 4 is 37.5 Å². The fourth-order valence-electron chi connectivity index (χ4n) is 1.79. The van der Waals surface area contributed by atoms with Gasteiger partial charge in [0.25, 0.3) is 0 Å². The lowest BCUT2D eigenvalue weighted by Crippen LogP contribution is -1.82. The highest BCUT2D eigenvalue weighted by Crippen LogP contribution is 2.30. The minimum Gasteiger partial charge on any atom is -0.264 e. The minimum atomic E-state index is 1.10. The molecule has 0 radical (unpaired) electrons. The van der Waals surface area contributed by atoms with Gasteiger partial charge in [-0.05, 0) is 29.0 Å². The van der Waals surface area contributed by atoms with E-state index in [1.54, 1.807) is 12.4 Å². The average molecular weight is 259 g/mol. The number of aromatic nitrogens is 2. The molecule has 0 atom stereocenters. The Hall–Kier alpha value is -1.48. The van der Waals surface area contributed by atoms with Gasteiger partial charge in [-0.1, -0.05) is 15.9 Å². The molecule has 2 heterocycles. The van der Waals surface area contributed by atoms with Crippen LogP contribution >= 0.6 is 15.9 Å². The lowest BCUT2D eigenvalue weighted by Gasteiger charge is -2.04. The molecule has 0 amide bonds. The van der Waals surface area contributed by atoms with Crippen LogP contribution in [0.1, 0.15) is 0 Å². The Morgan fingerprint density at radius 1 is 0.867 bits per heavy atom. The molecule has 3 aromatic rings. The third-order valence-corrected chi connectivity index (χ3v) is 3.16. The van der Waals surface area contributed by atoms with Crippen molar-refractivity contribution in [2.24, 2.45) is 0 Å². The van der Waals surface area contributed by atoms with E-state index in [-0.39, 0.29) is 0 Å². The summed E-state index contributed by atoms with van der Waals surface area (Å²) in [5.41, 5.74) is 0. The van der Waals surface area contributed by atoms with Crippen molar-refractivity contribution in [2.45, 2.75) is 0 Å². The van der Waals surface area contributed by atoms with Crippen LogP contribution in [0, 0.1) is 0 Å². The van der Waals surface area contributed by atoms with Crippen LogP contribution in [0.15, 0.2) is 47.5 Å². The van der Waals surface area contributed by atoms with Gasteiger partial charge in [0.15, 0.2) is 0 Å². The zero-order valence-electron chi connectivity index (χ0n) is 7.81. The topological polar surface area (TPSA) is 25.8 Å². The van der Waals surface area contributed by atoms with Crippen molar-refractivity contribution in [3.05, 3.63) is 47.5 Å². The van der Waals surface area contributed by atoms with E-state index in [4.69, 9.17) is 0 Å². The summed E-state index contributed by atoms with van der Waals surface area (Å²) in [5.74, 6) is 0. The van der Waals surface area contributed by atoms with E-state index in [1.807, 2.05) is 24.5 Å². The van der Waals surface area contributed by atoms with Crippen LogP contribution in [-0.2, 0) is 0 Å². The molecule has 2 nitrogen and oxygen atoms in total. The molecule has 0 aliphatic heterocycles. The molecule has 0 N–H and O–H groups in total. The molecule has 0 aliphatic carbocycles. The highest BCUT2D eigenvalue weighted by molar-refractivity contribution is 9.10. The van der Waals surface area contributed by atoms with Gasteiger partial charge in [-0.3, -0.25) is 9.97 Å². The molecular weight excluding hydrogens is 252 g/mol. The summed E-state index contributed by atoms with van der Waals surface area (Å²) in [6.45, 7) is 0. The Morgan fingerprint density at radius 2 is 1.60 bits per heavy atom. The van der Waals surface area contributed by atoms with E-state index in [9.17, 15) is 0 Å². The Balaban J connectivity index is 2.64. The molecule has 0 unspecified atom stereocenters. The molecule has 0 saturated carbocycles. The normalized spacial score (nSPS) is 11.0. The van der Waals surface area contributed by atoms with E-state index < -0.39 is 0 Å². The summed E-state index contributed by atoms with van der Waals surface area (Å²) < 4.78 is 1.10. The highest BCUT2D eigenvalue weighted by Gasteiger charge is 2.03. The molecular formula is C12H7BrN2. The number of halogens is 1. The Kier molecular flexibility index (Phi) is 1.92. The van der Waals surface area contributed by atoms with Gasteiger partial charge in [-0.2, -0.15) is 0 Å². The zero-order valence-corrected chi connectivity index (χ0v) is 9.40. The van der Waals surface area contributed by atoms with Gasteiger partial charge >= 0.3 is 0 Å². The number of rotatable bonds is 0. The minimum absolute atomic E-state index is 1.10. The quantitative estimate of drug-likeness (QED) is 0.577. The first kappa shape index (κ1) is 8.80. The van der Waals surface area contributed by atoms with Crippen molar-refractivity contribution in [1.82, 2.24) is 9.97 Å². The van der Waals surface area contributed by atoms with E-state index >= 15 is 0 Å². The third kappa shape index (κ3) is 1.31. The summed E-state index contributed by atoms with van der Waals surface area (Å²) in [4.78, 5) is 8.31. The van der Waals surface area contributed by atoms with Crippen LogP contribution < -0.4 is 0 Å². The van der Waals surface area contributed by atoms with Gasteiger partial charge in [0.2, 0.25) is 0 Å². The molecule has 1 aromatic carbocycles. The number of hydrogen-bond acceptors (Lipinski definition) is 2. The smallest absolute Gasteiger partial charge is 0.0353 e. The third-order valence-electron chi connectivity index (χ3n) is 2.51. The largest absolute Gasteiger partial charge is 0.264 e. The van der Waals surface area contributed by atoms with Gasteiger partial charge < -0.3 is 0 Å². The highest BCUT2D eigenvalue weighted by atomic mass is 79.9. The van der Waals surface area contributed by atoms with E-state index in [1.165, 1.54) is 10.8 Å². The molecule has 0 spiro atoms. The van der Waals surface area contributed by atoms with Crippen molar-refractivity contribution in [1.29, 1.82) is 0 Å². The predicted molar refractivity (Wildman–Crippen MR) is 64.7 cm³/mol. The first-order valence-electron chi connectivity index (χ1n) is 4.62. The van der Waals surface area contributed by atoms with Gasteiger partial charge in [-0.15, -0.1) is 0 Å². The summed E-state index contributed by atoms with van der Waals surface area (Å²) in [6, 6.07) is 6.12. The summed E-state index contributed by atoms with van der Waals surface area (Å²) >= 11 is 3.57. The SMILES string of the molecule is Brc1cc2ccncc2c2cnccc12. The number of benzene rings is 1. The Labute approximate surface area is 95.1 Å². The molecule has 0 saturated heterocycles. The van der Waals surface area contributed by atoms with Gasteiger partial charge in [0.05, 0.1) is 0 Å². The van der Waals surface area contributed by atoms with E-state index in [0.717, 1.165) is 15.2 Å². The maximum Gasteiger partial charge on any atom is 0.0353 e. The lowest BCUT2D eigenvalue weighted by molar-refractivity contribution is 1.35. The summed E-state index contributed by atoms with van der Waals surface area (Å²) in [7, 11) is 0. The van der Waals surface area contributed by atoms with Crippen molar-refractivity contribution in [3.63, 3.8) is 0 Å². The second-order valence-corrected chi connectivity index (χ2v) is 4.23. The second kappa shape index (κ2) is 3.28. The number of fused-ring (bicyclic) bond motifs is 3. The number of nitrogens with zero attached hydrogens (tertiary/aromatic N) is 2. The second-order valence-electron chi connectivity index (χ2n) is 3.38. The van der Waals surface area contributed by atoms with Crippen LogP contribution in [0.2, 0.25) is 0 Å². The van der Waals surface area contributed by atoms with Crippen molar-refractivity contribution in [2.75, 3.05) is 0 Å². The van der Waals surface area contributed by atoms with Gasteiger partial charge in [-0.25, -0.2) is 0 Å². The van der Waals surface area contributed by atoms with Crippen LogP contribution in [0.4, 0.5) is 0 Å². The number of hydrogen-bond donors (Lipinski definition) is 0. The molecule has 0 bridgehead atoms. The molecule has 2 aromatic heterocycles. The molecule has 0 fully saturated rings. The lowest BCUT2D eigenvalue weighted by atomic mass is 10.1. The average Bonchev–Trinajstić information content (AvgIpc) is 2.30. The van der Waals surface area contributed by atoms with E-state index in [0.29, 0.717) is 0 Å². The molecule has 0 aliphatic rings. The molecule has 3 rings (SSSR count). The molecule has 72 valence electrons. The maximum atomic E-state index is 4.16. The van der Waals surface area contributed by atoms with Crippen molar-refractivity contribution < 1.29 is 0 Å². The summed E-state index contributed by atoms with van der Waals surface area (Å²) in [5, 5.41) is 4.63. The fraction of sp³-hybridized carbons (Fsp3) is 0. The monoisotopic (exact) mass is 258 g/mol. The maximum absolute atomic E-state index is 4.16. The Bertz CT molecular complexity index is 649. The first-order valence-corrected chi connectivity index (χ1v) is 5.41. The van der Waals surface area contributed by atoms with Crippen LogP contribution in [0.25, 0.3) is 21.5 Å². The predicted octanol–water partition coefficient (Wildman–Crippen LogP) is 3.55. The fourth-order valence-corrected chi connectivity index (χ4v) is 2.38. The van der Waals surface area contributed by atoms with Crippen LogP contribution in [0.3, 0.4) is 0 Å². The number of pyridine rings is 2. The molecule has 3 heteroatoms. The van der Waals surface area contributed by atoms with Gasteiger partial charge in [0, 0.05) is 40.0 Å². The van der Waals surface area contributed by atoms with Crippen LogP contribution in [0.5, 0.6) is 0 Å². The first-order chi connectivity index (χ1) is 7.36. The van der Waals surface area contributed by atoms with Gasteiger partial charge in [0.1, 0.15) is 0 Å². The summed E-state index contributed by atoms with van der Waals surface area (Å²) in [6.07, 6.45) is 7.36. The standard InChI is InChI=1S/C12H7BrN2/c13-12-5-8-1-3-14-6-10(8)11-7-15-4-2-9(11)12/h1-7H. The van der Waals surface area contributed by atoms with Crippen LogP contribution in [-0.4, -0.2) is 9.97 Å². The van der Waals surface area contributed by atoms with E-state index in [2.05, 4.69) is 32.0 Å². The van der Waals surface area contributed by atoms with Crippen molar-refractivity contribution in [3.8, 4) is 0 Å².